The van der Waals surface area contributed by atoms with E-state index in [1.54, 1.807) is 18.3 Å². The highest BCUT2D eigenvalue weighted by Gasteiger charge is 2.06. The minimum absolute atomic E-state index is 0.102. The molecule has 0 aliphatic carbocycles. The molecule has 0 amide bonds. The van der Waals surface area contributed by atoms with Gasteiger partial charge in [-0.25, -0.2) is 4.98 Å². The third kappa shape index (κ3) is 1.41. The predicted octanol–water partition coefficient (Wildman–Crippen LogP) is 0.296. The van der Waals surface area contributed by atoms with E-state index in [-0.39, 0.29) is 5.95 Å². The van der Waals surface area contributed by atoms with Gasteiger partial charge in [0.1, 0.15) is 5.82 Å². The molecule has 0 aromatic carbocycles. The van der Waals surface area contributed by atoms with Crippen molar-refractivity contribution in [2.75, 3.05) is 11.5 Å². The highest BCUT2D eigenvalue weighted by Crippen LogP contribution is 2.17. The number of nitrogens with two attached hydrogens (primary N) is 2. The normalized spacial score (nSPS) is 10.2. The van der Waals surface area contributed by atoms with Crippen molar-refractivity contribution in [3.8, 4) is 11.5 Å². The molecule has 0 spiro atoms. The van der Waals surface area contributed by atoms with Gasteiger partial charge in [-0.05, 0) is 17.3 Å². The fourth-order valence-electron chi connectivity index (χ4n) is 0.933. The molecule has 2 heterocycles. The minimum atomic E-state index is 0.102. The van der Waals surface area contributed by atoms with Crippen LogP contribution in [0, 0.1) is 0 Å². The van der Waals surface area contributed by atoms with Crippen LogP contribution < -0.4 is 11.5 Å². The summed E-state index contributed by atoms with van der Waals surface area (Å²) in [6.45, 7) is 0. The molecular formula is C7H7N5O. The Morgan fingerprint density at radius 1 is 1.31 bits per heavy atom. The van der Waals surface area contributed by atoms with Crippen LogP contribution in [0.3, 0.4) is 0 Å². The third-order valence-electron chi connectivity index (χ3n) is 1.47. The van der Waals surface area contributed by atoms with E-state index in [1.807, 2.05) is 0 Å². The van der Waals surface area contributed by atoms with E-state index in [0.29, 0.717) is 17.3 Å². The molecule has 0 aliphatic rings. The molecule has 2 rings (SSSR count). The Hall–Kier alpha value is -2.11. The van der Waals surface area contributed by atoms with Crippen molar-refractivity contribution in [3.63, 3.8) is 0 Å². The minimum Gasteiger partial charge on any atom is -0.384 e. The Balaban J connectivity index is 2.46. The number of pyridine rings is 1. The van der Waals surface area contributed by atoms with Gasteiger partial charge < -0.3 is 16.0 Å². The van der Waals surface area contributed by atoms with Gasteiger partial charge in [-0.15, -0.1) is 0 Å². The molecule has 0 saturated carbocycles. The average molecular weight is 177 g/mol. The molecule has 0 atom stereocenters. The number of aromatic nitrogens is 3. The van der Waals surface area contributed by atoms with Gasteiger partial charge >= 0.3 is 0 Å². The lowest BCUT2D eigenvalue weighted by molar-refractivity contribution is 0.433. The Morgan fingerprint density at radius 2 is 2.15 bits per heavy atom. The average Bonchev–Trinajstić information content (AvgIpc) is 2.52. The molecule has 2 aromatic rings. The van der Waals surface area contributed by atoms with Crippen molar-refractivity contribution in [1.29, 1.82) is 0 Å². The van der Waals surface area contributed by atoms with Gasteiger partial charge in [-0.1, -0.05) is 0 Å². The first-order valence-corrected chi connectivity index (χ1v) is 3.57. The second-order valence-corrected chi connectivity index (χ2v) is 2.43. The first kappa shape index (κ1) is 7.53. The highest BCUT2D eigenvalue weighted by molar-refractivity contribution is 5.57. The van der Waals surface area contributed by atoms with E-state index in [1.165, 1.54) is 0 Å². The summed E-state index contributed by atoms with van der Waals surface area (Å²) >= 11 is 0. The van der Waals surface area contributed by atoms with Crippen molar-refractivity contribution in [3.05, 3.63) is 18.3 Å². The molecule has 6 nitrogen and oxygen atoms in total. The molecular weight excluding hydrogens is 170 g/mol. The second kappa shape index (κ2) is 2.74. The van der Waals surface area contributed by atoms with Crippen LogP contribution >= 0.6 is 0 Å². The molecule has 0 bridgehead atoms. The molecule has 2 aromatic heterocycles. The van der Waals surface area contributed by atoms with E-state index in [9.17, 15) is 0 Å². The maximum atomic E-state index is 5.47. The summed E-state index contributed by atoms with van der Waals surface area (Å²) in [6.07, 6.45) is 1.56. The van der Waals surface area contributed by atoms with Crippen LogP contribution in [-0.2, 0) is 0 Å². The summed E-state index contributed by atoms with van der Waals surface area (Å²) in [4.78, 5) is 7.67. The zero-order chi connectivity index (χ0) is 9.26. The van der Waals surface area contributed by atoms with E-state index in [2.05, 4.69) is 15.1 Å². The quantitative estimate of drug-likeness (QED) is 0.649. The predicted molar refractivity (Wildman–Crippen MR) is 46.4 cm³/mol. The Kier molecular flexibility index (Phi) is 1.59. The Bertz CT molecular complexity index is 424. The molecule has 0 fully saturated rings. The summed E-state index contributed by atoms with van der Waals surface area (Å²) in [7, 11) is 0. The van der Waals surface area contributed by atoms with Crippen molar-refractivity contribution >= 4 is 11.8 Å². The molecule has 13 heavy (non-hydrogen) atoms. The van der Waals surface area contributed by atoms with Crippen LogP contribution in [0.25, 0.3) is 11.5 Å². The van der Waals surface area contributed by atoms with Gasteiger partial charge in [0.05, 0.1) is 0 Å². The largest absolute Gasteiger partial charge is 0.384 e. The monoisotopic (exact) mass is 177 g/mol. The van der Waals surface area contributed by atoms with Gasteiger partial charge in [0.2, 0.25) is 0 Å². The number of nitrogen functional groups attached to an aromatic ring is 2. The Morgan fingerprint density at radius 3 is 2.77 bits per heavy atom. The topological polar surface area (TPSA) is 104 Å². The Labute approximate surface area is 73.6 Å². The summed E-state index contributed by atoms with van der Waals surface area (Å²) < 4.78 is 4.84. The molecule has 0 aliphatic heterocycles. The van der Waals surface area contributed by atoms with Crippen molar-refractivity contribution in [1.82, 2.24) is 15.1 Å². The zero-order valence-corrected chi connectivity index (χ0v) is 6.64. The highest BCUT2D eigenvalue weighted by atomic mass is 16.5. The summed E-state index contributed by atoms with van der Waals surface area (Å²) in [5.41, 5.74) is 11.5. The lowest BCUT2D eigenvalue weighted by atomic mass is 10.2. The van der Waals surface area contributed by atoms with Gasteiger partial charge in [-0.2, -0.15) is 4.98 Å². The van der Waals surface area contributed by atoms with Crippen molar-refractivity contribution in [2.24, 2.45) is 0 Å². The summed E-state index contributed by atoms with van der Waals surface area (Å²) in [5, 5.41) is 3.45. The zero-order valence-electron chi connectivity index (χ0n) is 6.64. The molecule has 6 heteroatoms. The van der Waals surface area contributed by atoms with Gasteiger partial charge in [0.25, 0.3) is 11.8 Å². The third-order valence-corrected chi connectivity index (χ3v) is 1.47. The van der Waals surface area contributed by atoms with E-state index in [4.69, 9.17) is 16.0 Å². The van der Waals surface area contributed by atoms with Gasteiger partial charge in [0.15, 0.2) is 0 Å². The fraction of sp³-hybridized carbons (Fsp3) is 0. The van der Waals surface area contributed by atoms with Crippen molar-refractivity contribution in [2.45, 2.75) is 0 Å². The second-order valence-electron chi connectivity index (χ2n) is 2.43. The van der Waals surface area contributed by atoms with E-state index in [0.717, 1.165) is 0 Å². The number of hydrogen-bond donors (Lipinski definition) is 2. The van der Waals surface area contributed by atoms with Crippen molar-refractivity contribution < 1.29 is 4.52 Å². The van der Waals surface area contributed by atoms with Gasteiger partial charge in [-0.3, -0.25) is 0 Å². The van der Waals surface area contributed by atoms with Crippen LogP contribution in [0.4, 0.5) is 11.8 Å². The maximum Gasteiger partial charge on any atom is 0.261 e. The number of rotatable bonds is 1. The molecule has 0 unspecified atom stereocenters. The summed E-state index contributed by atoms with van der Waals surface area (Å²) in [5.74, 6) is 0.839. The molecule has 4 N–H and O–H groups in total. The maximum absolute atomic E-state index is 5.47. The fourth-order valence-corrected chi connectivity index (χ4v) is 0.933. The number of nitrogens with zero attached hydrogens (tertiary/aromatic N) is 3. The van der Waals surface area contributed by atoms with Crippen LogP contribution in [0.5, 0.6) is 0 Å². The molecule has 0 saturated heterocycles. The first-order chi connectivity index (χ1) is 6.25. The lowest BCUT2D eigenvalue weighted by Gasteiger charge is -1.93. The smallest absolute Gasteiger partial charge is 0.261 e. The summed E-state index contributed by atoms with van der Waals surface area (Å²) in [6, 6.07) is 3.34. The van der Waals surface area contributed by atoms with Crippen LogP contribution in [0.1, 0.15) is 0 Å². The SMILES string of the molecule is Nc1cc(-c2nc(N)no2)ccn1. The molecule has 66 valence electrons. The van der Waals surface area contributed by atoms with E-state index < -0.39 is 0 Å². The van der Waals surface area contributed by atoms with E-state index >= 15 is 0 Å². The molecule has 0 radical (unpaired) electrons. The van der Waals surface area contributed by atoms with Gasteiger partial charge in [0, 0.05) is 11.8 Å². The number of hydrogen-bond acceptors (Lipinski definition) is 6. The lowest BCUT2D eigenvalue weighted by Crippen LogP contribution is -1.90. The standard InChI is InChI=1S/C7H7N5O/c8-5-3-4(1-2-10-5)6-11-7(9)12-13-6/h1-3H,(H2,8,10)(H2,9,12). The van der Waals surface area contributed by atoms with Crippen LogP contribution in [0.15, 0.2) is 22.9 Å². The first-order valence-electron chi connectivity index (χ1n) is 3.57. The van der Waals surface area contributed by atoms with Crippen LogP contribution in [-0.4, -0.2) is 15.1 Å². The number of anilines is 2. The van der Waals surface area contributed by atoms with Crippen LogP contribution in [0.2, 0.25) is 0 Å².